The predicted molar refractivity (Wildman–Crippen MR) is 71.0 cm³/mol. The molecule has 6 heteroatoms. The second-order valence-electron chi connectivity index (χ2n) is 3.66. The molecule has 1 aromatic rings. The van der Waals surface area contributed by atoms with Crippen LogP contribution in [0.5, 0.6) is 0 Å². The Balaban J connectivity index is 2.23. The van der Waals surface area contributed by atoms with Gasteiger partial charge in [0, 0.05) is 27.7 Å². The van der Waals surface area contributed by atoms with E-state index in [-0.39, 0.29) is 0 Å². The summed E-state index contributed by atoms with van der Waals surface area (Å²) < 4.78 is 1.14. The van der Waals surface area contributed by atoms with Crippen LogP contribution in [0.25, 0.3) is 0 Å². The summed E-state index contributed by atoms with van der Waals surface area (Å²) in [6.45, 7) is 1.87. The van der Waals surface area contributed by atoms with E-state index in [1.54, 1.807) is 11.3 Å². The fourth-order valence-electron chi connectivity index (χ4n) is 1.36. The molecular weight excluding hydrogens is 290 g/mol. The van der Waals surface area contributed by atoms with Crippen molar-refractivity contribution in [3.63, 3.8) is 0 Å². The summed E-state index contributed by atoms with van der Waals surface area (Å²) in [5.74, 6) is 0.298. The van der Waals surface area contributed by atoms with Crippen LogP contribution in [0, 0.1) is 0 Å². The Morgan fingerprint density at radius 1 is 1.69 bits per heavy atom. The molecule has 3 N–H and O–H groups in total. The molecule has 0 spiro atoms. The van der Waals surface area contributed by atoms with Gasteiger partial charge in [-0.25, -0.2) is 0 Å². The summed E-state index contributed by atoms with van der Waals surface area (Å²) in [4.78, 5) is 3.56. The van der Waals surface area contributed by atoms with Crippen LogP contribution in [0.1, 0.15) is 17.7 Å². The van der Waals surface area contributed by atoms with Crippen LogP contribution in [-0.4, -0.2) is 29.5 Å². The van der Waals surface area contributed by atoms with E-state index in [0.29, 0.717) is 12.3 Å². The lowest BCUT2D eigenvalue weighted by Crippen LogP contribution is -2.20. The maximum absolute atomic E-state index is 8.38. The molecule has 90 valence electrons. The zero-order chi connectivity index (χ0) is 12.0. The molecule has 1 rings (SSSR count). The Bertz CT molecular complexity index is 354. The Hall–Kier alpha value is -0.590. The Morgan fingerprint density at radius 2 is 2.44 bits per heavy atom. The molecule has 0 bridgehead atoms. The largest absolute Gasteiger partial charge is 0.409 e. The SMILES string of the molecule is CN(CCCC(N)=NO)Cc1cc(Br)cs1. The van der Waals surface area contributed by atoms with Crippen LogP contribution in [0.2, 0.25) is 0 Å². The van der Waals surface area contributed by atoms with Gasteiger partial charge >= 0.3 is 0 Å². The minimum absolute atomic E-state index is 0.298. The van der Waals surface area contributed by atoms with Gasteiger partial charge < -0.3 is 15.8 Å². The quantitative estimate of drug-likeness (QED) is 0.367. The topological polar surface area (TPSA) is 61.8 Å². The normalized spacial score (nSPS) is 12.3. The first-order chi connectivity index (χ1) is 7.61. The second kappa shape index (κ2) is 6.88. The van der Waals surface area contributed by atoms with Crippen molar-refractivity contribution in [1.29, 1.82) is 0 Å². The summed E-state index contributed by atoms with van der Waals surface area (Å²) in [6, 6.07) is 2.13. The van der Waals surface area contributed by atoms with Gasteiger partial charge in [-0.15, -0.1) is 11.3 Å². The Morgan fingerprint density at radius 3 is 3.00 bits per heavy atom. The van der Waals surface area contributed by atoms with Gasteiger partial charge in [0.1, 0.15) is 5.84 Å². The smallest absolute Gasteiger partial charge is 0.139 e. The molecule has 16 heavy (non-hydrogen) atoms. The van der Waals surface area contributed by atoms with Crippen molar-refractivity contribution in [1.82, 2.24) is 4.90 Å². The third kappa shape index (κ3) is 4.96. The predicted octanol–water partition coefficient (Wildman–Crippen LogP) is 2.47. The Kier molecular flexibility index (Phi) is 5.79. The summed E-state index contributed by atoms with van der Waals surface area (Å²) in [5.41, 5.74) is 5.39. The van der Waals surface area contributed by atoms with Gasteiger partial charge in [0.25, 0.3) is 0 Å². The molecule has 0 aliphatic rings. The number of rotatable bonds is 6. The average molecular weight is 306 g/mol. The first-order valence-electron chi connectivity index (χ1n) is 4.99. The number of oxime groups is 1. The highest BCUT2D eigenvalue weighted by Crippen LogP contribution is 2.20. The van der Waals surface area contributed by atoms with E-state index in [1.807, 2.05) is 0 Å². The summed E-state index contributed by atoms with van der Waals surface area (Å²) in [7, 11) is 2.07. The maximum Gasteiger partial charge on any atom is 0.139 e. The second-order valence-corrected chi connectivity index (χ2v) is 5.58. The van der Waals surface area contributed by atoms with Crippen molar-refractivity contribution in [2.75, 3.05) is 13.6 Å². The van der Waals surface area contributed by atoms with Crippen LogP contribution < -0.4 is 5.73 Å². The molecule has 0 unspecified atom stereocenters. The van der Waals surface area contributed by atoms with E-state index >= 15 is 0 Å². The standard InChI is InChI=1S/C10H16BrN3OS/c1-14(4-2-3-10(12)13-15)6-9-5-8(11)7-16-9/h5,7,15H,2-4,6H2,1H3,(H2,12,13). The van der Waals surface area contributed by atoms with E-state index in [4.69, 9.17) is 10.9 Å². The first kappa shape index (κ1) is 13.5. The fraction of sp³-hybridized carbons (Fsp3) is 0.500. The molecule has 4 nitrogen and oxygen atoms in total. The van der Waals surface area contributed by atoms with Crippen LogP contribution in [0.4, 0.5) is 0 Å². The van der Waals surface area contributed by atoms with Crippen molar-refractivity contribution < 1.29 is 5.21 Å². The third-order valence-electron chi connectivity index (χ3n) is 2.15. The molecule has 0 aliphatic heterocycles. The van der Waals surface area contributed by atoms with E-state index in [1.165, 1.54) is 4.88 Å². The molecule has 0 saturated carbocycles. The van der Waals surface area contributed by atoms with Crippen LogP contribution in [0.15, 0.2) is 21.1 Å². The Labute approximate surface area is 108 Å². The number of halogens is 1. The van der Waals surface area contributed by atoms with Gasteiger partial charge in [0.05, 0.1) is 0 Å². The van der Waals surface area contributed by atoms with E-state index in [2.05, 4.69) is 44.5 Å². The van der Waals surface area contributed by atoms with Crippen molar-refractivity contribution >= 4 is 33.1 Å². The minimum atomic E-state index is 0.298. The lowest BCUT2D eigenvalue weighted by atomic mass is 10.3. The molecule has 0 aromatic carbocycles. The van der Waals surface area contributed by atoms with E-state index in [9.17, 15) is 0 Å². The number of hydrogen-bond donors (Lipinski definition) is 2. The monoisotopic (exact) mass is 305 g/mol. The van der Waals surface area contributed by atoms with E-state index in [0.717, 1.165) is 24.0 Å². The highest BCUT2D eigenvalue weighted by Gasteiger charge is 2.03. The fourth-order valence-corrected chi connectivity index (χ4v) is 2.89. The van der Waals surface area contributed by atoms with Crippen molar-refractivity contribution in [3.8, 4) is 0 Å². The maximum atomic E-state index is 8.38. The highest BCUT2D eigenvalue weighted by molar-refractivity contribution is 9.10. The highest BCUT2D eigenvalue weighted by atomic mass is 79.9. The minimum Gasteiger partial charge on any atom is -0.409 e. The molecule has 0 atom stereocenters. The van der Waals surface area contributed by atoms with E-state index < -0.39 is 0 Å². The van der Waals surface area contributed by atoms with Gasteiger partial charge in [-0.1, -0.05) is 5.16 Å². The number of nitrogens with zero attached hydrogens (tertiary/aromatic N) is 2. The third-order valence-corrected chi connectivity index (χ3v) is 3.83. The number of nitrogens with two attached hydrogens (primary N) is 1. The number of amidine groups is 1. The molecule has 1 aromatic heterocycles. The molecule has 0 aliphatic carbocycles. The van der Waals surface area contributed by atoms with Gasteiger partial charge in [-0.3, -0.25) is 0 Å². The van der Waals surface area contributed by atoms with Gasteiger partial charge in [-0.2, -0.15) is 0 Å². The molecule has 0 amide bonds. The number of thiophene rings is 1. The molecule has 0 radical (unpaired) electrons. The molecule has 0 saturated heterocycles. The number of hydrogen-bond acceptors (Lipinski definition) is 4. The van der Waals surface area contributed by atoms with Crippen molar-refractivity contribution in [3.05, 3.63) is 20.8 Å². The zero-order valence-electron chi connectivity index (χ0n) is 9.19. The van der Waals surface area contributed by atoms with Crippen molar-refractivity contribution in [2.45, 2.75) is 19.4 Å². The zero-order valence-corrected chi connectivity index (χ0v) is 11.6. The van der Waals surface area contributed by atoms with Gasteiger partial charge in [0.2, 0.25) is 0 Å². The molecular formula is C10H16BrN3OS. The molecule has 0 fully saturated rings. The van der Waals surface area contributed by atoms with Crippen LogP contribution >= 0.6 is 27.3 Å². The van der Waals surface area contributed by atoms with Gasteiger partial charge in [0.15, 0.2) is 0 Å². The lowest BCUT2D eigenvalue weighted by molar-refractivity contribution is 0.311. The van der Waals surface area contributed by atoms with Crippen LogP contribution in [-0.2, 0) is 6.54 Å². The summed E-state index contributed by atoms with van der Waals surface area (Å²) in [5, 5.41) is 13.4. The van der Waals surface area contributed by atoms with Gasteiger partial charge in [-0.05, 0) is 42.0 Å². The first-order valence-corrected chi connectivity index (χ1v) is 6.67. The molecule has 1 heterocycles. The average Bonchev–Trinajstić information content (AvgIpc) is 2.63. The van der Waals surface area contributed by atoms with Crippen LogP contribution in [0.3, 0.4) is 0 Å². The lowest BCUT2D eigenvalue weighted by Gasteiger charge is -2.14. The summed E-state index contributed by atoms with van der Waals surface area (Å²) >= 11 is 5.18. The van der Waals surface area contributed by atoms with Crippen molar-refractivity contribution in [2.24, 2.45) is 10.9 Å². The summed E-state index contributed by atoms with van der Waals surface area (Å²) in [6.07, 6.45) is 1.54.